The molecule has 5 rings (SSSR count). The normalized spacial score (nSPS) is 11.2. The molecule has 0 fully saturated rings. The van der Waals surface area contributed by atoms with E-state index >= 15 is 0 Å². The Labute approximate surface area is 217 Å². The van der Waals surface area contributed by atoms with Crippen molar-refractivity contribution in [2.75, 3.05) is 18.6 Å². The lowest BCUT2D eigenvalue weighted by Gasteiger charge is -2.22. The van der Waals surface area contributed by atoms with Crippen molar-refractivity contribution in [3.05, 3.63) is 92.8 Å². The Hall–Kier alpha value is -3.81. The van der Waals surface area contributed by atoms with E-state index in [0.717, 1.165) is 10.9 Å². The maximum absolute atomic E-state index is 14.1. The molecule has 3 aromatic carbocycles. The lowest BCUT2D eigenvalue weighted by atomic mass is 10.1. The number of rotatable bonds is 5. The molecular formula is C27H22Cl2N4O3. The van der Waals surface area contributed by atoms with Gasteiger partial charge in [-0.25, -0.2) is 0 Å². The highest BCUT2D eigenvalue weighted by atomic mass is 35.5. The highest BCUT2D eigenvalue weighted by Crippen LogP contribution is 2.31. The lowest BCUT2D eigenvalue weighted by Crippen LogP contribution is -2.34. The quantitative estimate of drug-likeness (QED) is 0.291. The third-order valence-electron chi connectivity index (χ3n) is 6.20. The fourth-order valence-electron chi connectivity index (χ4n) is 4.51. The number of amides is 1. The molecule has 0 unspecified atom stereocenters. The van der Waals surface area contributed by atoms with E-state index in [9.17, 15) is 9.59 Å². The summed E-state index contributed by atoms with van der Waals surface area (Å²) < 4.78 is 8.25. The van der Waals surface area contributed by atoms with Gasteiger partial charge in [0.05, 0.1) is 17.8 Å². The molecule has 0 atom stereocenters. The molecule has 2 heterocycles. The Balaban J connectivity index is 1.84. The molecule has 9 heteroatoms. The van der Waals surface area contributed by atoms with Crippen molar-refractivity contribution >= 4 is 56.6 Å². The number of hydrogen-bond donors (Lipinski definition) is 0. The van der Waals surface area contributed by atoms with Crippen LogP contribution in [0.15, 0.2) is 71.5 Å². The van der Waals surface area contributed by atoms with Crippen LogP contribution in [0.1, 0.15) is 17.4 Å². The summed E-state index contributed by atoms with van der Waals surface area (Å²) in [5.74, 6) is 0.114. The number of benzene rings is 3. The zero-order valence-electron chi connectivity index (χ0n) is 19.8. The first-order valence-corrected chi connectivity index (χ1v) is 12.0. The van der Waals surface area contributed by atoms with Gasteiger partial charge in [-0.1, -0.05) is 47.5 Å². The highest BCUT2D eigenvalue weighted by molar-refractivity contribution is 6.32. The number of carbonyl (C=O) groups excluding carboxylic acids is 1. The Morgan fingerprint density at radius 1 is 1.06 bits per heavy atom. The maximum Gasteiger partial charge on any atom is 0.296 e. The van der Waals surface area contributed by atoms with Gasteiger partial charge in [0.2, 0.25) is 0 Å². The second kappa shape index (κ2) is 9.33. The fraction of sp³-hybridized carbons (Fsp3) is 0.148. The minimum absolute atomic E-state index is 0.148. The molecule has 182 valence electrons. The van der Waals surface area contributed by atoms with Crippen molar-refractivity contribution in [3.8, 4) is 11.4 Å². The van der Waals surface area contributed by atoms with Crippen molar-refractivity contribution in [2.45, 2.75) is 6.92 Å². The van der Waals surface area contributed by atoms with Gasteiger partial charge in [-0.2, -0.15) is 9.78 Å². The highest BCUT2D eigenvalue weighted by Gasteiger charge is 2.27. The summed E-state index contributed by atoms with van der Waals surface area (Å²) in [7, 11) is 3.32. The molecule has 5 aromatic rings. The number of para-hydroxylation sites is 1. The largest absolute Gasteiger partial charge is 0.495 e. The van der Waals surface area contributed by atoms with E-state index in [4.69, 9.17) is 27.9 Å². The van der Waals surface area contributed by atoms with Crippen molar-refractivity contribution in [2.24, 2.45) is 7.05 Å². The van der Waals surface area contributed by atoms with Crippen LogP contribution in [0.25, 0.3) is 27.5 Å². The molecule has 1 amide bonds. The Kier molecular flexibility index (Phi) is 6.20. The summed E-state index contributed by atoms with van der Waals surface area (Å²) in [5.41, 5.74) is 2.01. The average Bonchev–Trinajstić information content (AvgIpc) is 3.18. The van der Waals surface area contributed by atoms with E-state index in [1.807, 2.05) is 37.3 Å². The number of nitrogens with zero attached hydrogens (tertiary/aromatic N) is 4. The van der Waals surface area contributed by atoms with Crippen LogP contribution in [0.5, 0.6) is 5.75 Å². The summed E-state index contributed by atoms with van der Waals surface area (Å²) in [4.78, 5) is 29.4. The predicted octanol–water partition coefficient (Wildman–Crippen LogP) is 5.86. The first-order chi connectivity index (χ1) is 17.3. The first kappa shape index (κ1) is 23.9. The number of hydrogen-bond acceptors (Lipinski definition) is 4. The predicted molar refractivity (Wildman–Crippen MR) is 144 cm³/mol. The summed E-state index contributed by atoms with van der Waals surface area (Å²) in [6.07, 6.45) is 0. The van der Waals surface area contributed by atoms with Crippen LogP contribution >= 0.6 is 23.2 Å². The first-order valence-electron chi connectivity index (χ1n) is 11.3. The summed E-state index contributed by atoms with van der Waals surface area (Å²) in [5, 5.41) is 6.72. The summed E-state index contributed by atoms with van der Waals surface area (Å²) in [6.45, 7) is 2.25. The molecule has 0 aliphatic carbocycles. The molecule has 0 saturated carbocycles. The smallest absolute Gasteiger partial charge is 0.296 e. The van der Waals surface area contributed by atoms with Crippen molar-refractivity contribution in [1.82, 2.24) is 14.3 Å². The number of methoxy groups -OCH3 is 1. The van der Waals surface area contributed by atoms with Gasteiger partial charge < -0.3 is 14.2 Å². The maximum atomic E-state index is 14.1. The van der Waals surface area contributed by atoms with E-state index in [1.165, 1.54) is 11.8 Å². The van der Waals surface area contributed by atoms with E-state index < -0.39 is 0 Å². The second-order valence-electron chi connectivity index (χ2n) is 8.21. The number of anilines is 1. The average molecular weight is 521 g/mol. The van der Waals surface area contributed by atoms with Gasteiger partial charge in [0.1, 0.15) is 11.3 Å². The zero-order chi connectivity index (χ0) is 25.6. The van der Waals surface area contributed by atoms with Crippen LogP contribution < -0.4 is 15.2 Å². The second-order valence-corrected chi connectivity index (χ2v) is 9.06. The van der Waals surface area contributed by atoms with E-state index in [0.29, 0.717) is 44.6 Å². The monoisotopic (exact) mass is 520 g/mol. The minimum atomic E-state index is -0.368. The minimum Gasteiger partial charge on any atom is -0.495 e. The molecule has 0 aliphatic rings. The van der Waals surface area contributed by atoms with Crippen LogP contribution in [-0.4, -0.2) is 33.9 Å². The summed E-state index contributed by atoms with van der Waals surface area (Å²) in [6, 6.07) is 19.6. The SMILES string of the molecule is CCN(C(=O)c1nn(-c2ccc(OC)c(Cl)c2)c(=O)c2c1c1ccccc1n2C)c1cccc(Cl)c1. The molecule has 2 aromatic heterocycles. The van der Waals surface area contributed by atoms with Gasteiger partial charge in [-0.15, -0.1) is 0 Å². The number of aromatic nitrogens is 3. The van der Waals surface area contributed by atoms with E-state index in [-0.39, 0.29) is 17.2 Å². The van der Waals surface area contributed by atoms with Crippen LogP contribution in [-0.2, 0) is 7.05 Å². The van der Waals surface area contributed by atoms with Gasteiger partial charge in [0.25, 0.3) is 11.5 Å². The zero-order valence-corrected chi connectivity index (χ0v) is 21.3. The van der Waals surface area contributed by atoms with Gasteiger partial charge in [-0.3, -0.25) is 9.59 Å². The number of halogens is 2. The van der Waals surface area contributed by atoms with Crippen LogP contribution in [0.4, 0.5) is 5.69 Å². The van der Waals surface area contributed by atoms with Crippen molar-refractivity contribution < 1.29 is 9.53 Å². The van der Waals surface area contributed by atoms with Gasteiger partial charge in [0, 0.05) is 40.6 Å². The molecular weight excluding hydrogens is 499 g/mol. The molecule has 0 spiro atoms. The Bertz CT molecular complexity index is 1710. The standard InChI is InChI=1S/C27H22Cl2N4O3/c1-4-32(17-9-7-8-16(28)14-17)26(34)24-23-19-10-5-6-11-21(19)31(2)25(23)27(35)33(30-24)18-12-13-22(36-3)20(29)15-18/h5-15H,4H2,1-3H3. The number of aryl methyl sites for hydroxylation is 1. The summed E-state index contributed by atoms with van der Waals surface area (Å²) >= 11 is 12.6. The van der Waals surface area contributed by atoms with Gasteiger partial charge in [0.15, 0.2) is 5.69 Å². The number of ether oxygens (including phenoxy) is 1. The molecule has 0 radical (unpaired) electrons. The van der Waals surface area contributed by atoms with E-state index in [2.05, 4.69) is 5.10 Å². The van der Waals surface area contributed by atoms with Gasteiger partial charge >= 0.3 is 0 Å². The van der Waals surface area contributed by atoms with Crippen LogP contribution in [0, 0.1) is 0 Å². The number of fused-ring (bicyclic) bond motifs is 3. The molecule has 0 N–H and O–H groups in total. The molecule has 36 heavy (non-hydrogen) atoms. The van der Waals surface area contributed by atoms with Crippen molar-refractivity contribution in [3.63, 3.8) is 0 Å². The Morgan fingerprint density at radius 3 is 2.53 bits per heavy atom. The van der Waals surface area contributed by atoms with Gasteiger partial charge in [-0.05, 0) is 49.4 Å². The third kappa shape index (κ3) is 3.81. The topological polar surface area (TPSA) is 69.4 Å². The molecule has 0 aliphatic heterocycles. The molecule has 0 saturated heterocycles. The van der Waals surface area contributed by atoms with E-state index in [1.54, 1.807) is 52.9 Å². The van der Waals surface area contributed by atoms with Crippen molar-refractivity contribution in [1.29, 1.82) is 0 Å². The van der Waals surface area contributed by atoms with Crippen LogP contribution in [0.2, 0.25) is 10.0 Å². The molecule has 7 nitrogen and oxygen atoms in total. The molecule has 0 bridgehead atoms. The van der Waals surface area contributed by atoms with Crippen LogP contribution in [0.3, 0.4) is 0 Å². The third-order valence-corrected chi connectivity index (χ3v) is 6.73. The lowest BCUT2D eigenvalue weighted by molar-refractivity contribution is 0.0983. The Morgan fingerprint density at radius 2 is 1.83 bits per heavy atom. The number of carbonyl (C=O) groups is 1. The fourth-order valence-corrected chi connectivity index (χ4v) is 4.94.